The van der Waals surface area contributed by atoms with Crippen molar-refractivity contribution in [2.75, 3.05) is 20.3 Å². The number of hydrogen-bond acceptors (Lipinski definition) is 2. The van der Waals surface area contributed by atoms with Crippen molar-refractivity contribution >= 4 is 5.91 Å². The fourth-order valence-corrected chi connectivity index (χ4v) is 1.39. The third-order valence-electron chi connectivity index (χ3n) is 2.23. The van der Waals surface area contributed by atoms with E-state index < -0.39 is 0 Å². The largest absolute Gasteiger partial charge is 0.381 e. The average molecular weight is 169 g/mol. The molecule has 0 saturated carbocycles. The monoisotopic (exact) mass is 169 g/mol. The van der Waals surface area contributed by atoms with Gasteiger partial charge in [-0.15, -0.1) is 0 Å². The van der Waals surface area contributed by atoms with Crippen LogP contribution >= 0.6 is 0 Å². The first-order valence-corrected chi connectivity index (χ1v) is 4.24. The van der Waals surface area contributed by atoms with Crippen LogP contribution in [0.3, 0.4) is 0 Å². The summed E-state index contributed by atoms with van der Waals surface area (Å²) in [6.07, 6.45) is 1.85. The van der Waals surface area contributed by atoms with Gasteiger partial charge in [0, 0.05) is 25.8 Å². The number of carbonyl (C=O) groups is 1. The van der Waals surface area contributed by atoms with Gasteiger partial charge in [0.2, 0.25) is 5.91 Å². The summed E-state index contributed by atoms with van der Waals surface area (Å²) >= 11 is 0. The molecule has 0 spiro atoms. The summed E-state index contributed by atoms with van der Waals surface area (Å²) in [6, 6.07) is 0. The second kappa shape index (κ2) is 4.26. The van der Waals surface area contributed by atoms with Crippen LogP contribution < -0.4 is 5.32 Å². The summed E-state index contributed by atoms with van der Waals surface area (Å²) in [5, 5.41) is 2.58. The summed E-state index contributed by atoms with van der Waals surface area (Å²) in [4.78, 5) is 11.2. The van der Waals surface area contributed by atoms with Gasteiger partial charge in [0.15, 0.2) is 0 Å². The smallest absolute Gasteiger partial charge is 0.246 e. The molecule has 1 aliphatic heterocycles. The lowest BCUT2D eigenvalue weighted by Gasteiger charge is -2.22. The number of ether oxygens (including phenoxy) is 1. The lowest BCUT2D eigenvalue weighted by Crippen LogP contribution is -2.27. The van der Waals surface area contributed by atoms with Gasteiger partial charge in [0.05, 0.1) is 0 Å². The van der Waals surface area contributed by atoms with Gasteiger partial charge >= 0.3 is 0 Å². The van der Waals surface area contributed by atoms with Gasteiger partial charge in [0.25, 0.3) is 0 Å². The molecule has 0 atom stereocenters. The predicted octanol–water partition coefficient (Wildman–Crippen LogP) is 0.715. The lowest BCUT2D eigenvalue weighted by atomic mass is 9.92. The Morgan fingerprint density at radius 3 is 2.58 bits per heavy atom. The molecule has 1 rings (SSSR count). The molecule has 1 amide bonds. The van der Waals surface area contributed by atoms with Crippen LogP contribution in [0.25, 0.3) is 0 Å². The standard InChI is InChI=1S/C9H15NO2/c1-7(9(11)10-2)8-3-5-12-6-4-8/h8H,1,3-6H2,2H3,(H,10,11). The van der Waals surface area contributed by atoms with Gasteiger partial charge in [-0.05, 0) is 18.8 Å². The normalized spacial score (nSPS) is 18.8. The Morgan fingerprint density at radius 1 is 1.50 bits per heavy atom. The molecular weight excluding hydrogens is 154 g/mol. The van der Waals surface area contributed by atoms with E-state index in [-0.39, 0.29) is 5.91 Å². The van der Waals surface area contributed by atoms with Crippen LogP contribution in [0.1, 0.15) is 12.8 Å². The number of nitrogens with one attached hydrogen (secondary N) is 1. The van der Waals surface area contributed by atoms with Crippen molar-refractivity contribution < 1.29 is 9.53 Å². The first kappa shape index (κ1) is 9.26. The van der Waals surface area contributed by atoms with Crippen molar-refractivity contribution in [2.45, 2.75) is 12.8 Å². The van der Waals surface area contributed by atoms with Crippen molar-refractivity contribution in [3.63, 3.8) is 0 Å². The van der Waals surface area contributed by atoms with E-state index in [1.807, 2.05) is 0 Å². The molecule has 68 valence electrons. The summed E-state index contributed by atoms with van der Waals surface area (Å²) < 4.78 is 5.19. The van der Waals surface area contributed by atoms with Crippen LogP contribution in [0.4, 0.5) is 0 Å². The SMILES string of the molecule is C=C(C(=O)NC)C1CCOCC1. The molecule has 1 heterocycles. The molecule has 1 N–H and O–H groups in total. The maximum atomic E-state index is 11.2. The van der Waals surface area contributed by atoms with E-state index in [2.05, 4.69) is 11.9 Å². The van der Waals surface area contributed by atoms with E-state index in [4.69, 9.17) is 4.74 Å². The summed E-state index contributed by atoms with van der Waals surface area (Å²) in [5.41, 5.74) is 0.695. The highest BCUT2D eigenvalue weighted by Crippen LogP contribution is 2.21. The molecular formula is C9H15NO2. The average Bonchev–Trinajstić information content (AvgIpc) is 2.17. The van der Waals surface area contributed by atoms with Crippen molar-refractivity contribution in [3.8, 4) is 0 Å². The maximum Gasteiger partial charge on any atom is 0.246 e. The van der Waals surface area contributed by atoms with Gasteiger partial charge in [-0.1, -0.05) is 6.58 Å². The summed E-state index contributed by atoms with van der Waals surface area (Å²) in [7, 11) is 1.63. The first-order chi connectivity index (χ1) is 5.75. The molecule has 3 heteroatoms. The van der Waals surface area contributed by atoms with Gasteiger partial charge in [-0.25, -0.2) is 0 Å². The zero-order valence-electron chi connectivity index (χ0n) is 7.43. The molecule has 0 aromatic carbocycles. The molecule has 0 aromatic heterocycles. The highest BCUT2D eigenvalue weighted by Gasteiger charge is 2.20. The molecule has 1 saturated heterocycles. The topological polar surface area (TPSA) is 38.3 Å². The van der Waals surface area contributed by atoms with Crippen molar-refractivity contribution in [2.24, 2.45) is 5.92 Å². The molecule has 0 radical (unpaired) electrons. The zero-order chi connectivity index (χ0) is 8.97. The Bertz CT molecular complexity index is 183. The molecule has 0 aliphatic carbocycles. The molecule has 0 unspecified atom stereocenters. The highest BCUT2D eigenvalue weighted by atomic mass is 16.5. The molecule has 12 heavy (non-hydrogen) atoms. The predicted molar refractivity (Wildman–Crippen MR) is 46.7 cm³/mol. The third-order valence-corrected chi connectivity index (χ3v) is 2.23. The first-order valence-electron chi connectivity index (χ1n) is 4.24. The molecule has 0 aromatic rings. The van der Waals surface area contributed by atoms with Crippen LogP contribution in [0.15, 0.2) is 12.2 Å². The minimum atomic E-state index is -0.0399. The number of likely N-dealkylation sites (N-methyl/N-ethyl adjacent to an activating group) is 1. The van der Waals surface area contributed by atoms with Crippen LogP contribution in [-0.2, 0) is 9.53 Å². The van der Waals surface area contributed by atoms with E-state index in [1.54, 1.807) is 7.05 Å². The number of rotatable bonds is 2. The Labute approximate surface area is 72.8 Å². The van der Waals surface area contributed by atoms with E-state index in [1.165, 1.54) is 0 Å². The molecule has 0 bridgehead atoms. The Morgan fingerprint density at radius 2 is 2.08 bits per heavy atom. The second-order valence-corrected chi connectivity index (χ2v) is 2.99. The number of hydrogen-bond donors (Lipinski definition) is 1. The minimum Gasteiger partial charge on any atom is -0.381 e. The van der Waals surface area contributed by atoms with Crippen LogP contribution in [-0.4, -0.2) is 26.2 Å². The second-order valence-electron chi connectivity index (χ2n) is 2.99. The van der Waals surface area contributed by atoms with Crippen LogP contribution in [0.2, 0.25) is 0 Å². The van der Waals surface area contributed by atoms with Crippen molar-refractivity contribution in [1.29, 1.82) is 0 Å². The van der Waals surface area contributed by atoms with E-state index >= 15 is 0 Å². The van der Waals surface area contributed by atoms with Gasteiger partial charge in [-0.3, -0.25) is 4.79 Å². The highest BCUT2D eigenvalue weighted by molar-refractivity contribution is 5.92. The molecule has 1 fully saturated rings. The fraction of sp³-hybridized carbons (Fsp3) is 0.667. The van der Waals surface area contributed by atoms with Crippen molar-refractivity contribution in [3.05, 3.63) is 12.2 Å². The molecule has 3 nitrogen and oxygen atoms in total. The summed E-state index contributed by atoms with van der Waals surface area (Å²) in [6.45, 7) is 5.28. The van der Waals surface area contributed by atoms with Gasteiger partial charge in [-0.2, -0.15) is 0 Å². The lowest BCUT2D eigenvalue weighted by molar-refractivity contribution is -0.117. The van der Waals surface area contributed by atoms with E-state index in [9.17, 15) is 4.79 Å². The minimum absolute atomic E-state index is 0.0399. The van der Waals surface area contributed by atoms with Gasteiger partial charge in [0.1, 0.15) is 0 Å². The summed E-state index contributed by atoms with van der Waals surface area (Å²) in [5.74, 6) is 0.278. The van der Waals surface area contributed by atoms with E-state index in [0.717, 1.165) is 26.1 Å². The molecule has 1 aliphatic rings. The van der Waals surface area contributed by atoms with Crippen molar-refractivity contribution in [1.82, 2.24) is 5.32 Å². The van der Waals surface area contributed by atoms with Crippen LogP contribution in [0, 0.1) is 5.92 Å². The Balaban J connectivity index is 2.45. The third kappa shape index (κ3) is 2.08. The van der Waals surface area contributed by atoms with E-state index in [0.29, 0.717) is 11.5 Å². The fourth-order valence-electron chi connectivity index (χ4n) is 1.39. The zero-order valence-corrected chi connectivity index (χ0v) is 7.43. The van der Waals surface area contributed by atoms with Gasteiger partial charge < -0.3 is 10.1 Å². The quantitative estimate of drug-likeness (QED) is 0.618. The Hall–Kier alpha value is -0.830. The number of amides is 1. The maximum absolute atomic E-state index is 11.2. The van der Waals surface area contributed by atoms with Crippen LogP contribution in [0.5, 0.6) is 0 Å². The Kier molecular flexibility index (Phi) is 3.29. The number of carbonyl (C=O) groups excluding carboxylic acids is 1.